The van der Waals surface area contributed by atoms with Crippen LogP contribution in [0.5, 0.6) is 0 Å². The van der Waals surface area contributed by atoms with Crippen LogP contribution >= 0.6 is 0 Å². The zero-order chi connectivity index (χ0) is 14.3. The van der Waals surface area contributed by atoms with Crippen LogP contribution in [0.4, 0.5) is 0 Å². The molecule has 7 nitrogen and oxygen atoms in total. The predicted molar refractivity (Wildman–Crippen MR) is 70.0 cm³/mol. The number of nitrogens with one attached hydrogen (secondary N) is 1. The van der Waals surface area contributed by atoms with Gasteiger partial charge in [-0.2, -0.15) is 0 Å². The van der Waals surface area contributed by atoms with Gasteiger partial charge in [0.15, 0.2) is 0 Å². The second-order valence-electron chi connectivity index (χ2n) is 5.27. The molecule has 0 unspecified atom stereocenters. The molecular weight excluding hydrogens is 250 g/mol. The molecule has 1 fully saturated rings. The maximum absolute atomic E-state index is 11.8. The number of hydrogen-bond donors (Lipinski definition) is 1. The van der Waals surface area contributed by atoms with Crippen molar-refractivity contribution in [3.05, 3.63) is 10.1 Å². The summed E-state index contributed by atoms with van der Waals surface area (Å²) >= 11 is 0. The molecule has 0 aromatic heterocycles. The van der Waals surface area contributed by atoms with Crippen molar-refractivity contribution in [2.75, 3.05) is 27.2 Å². The number of amides is 1. The first-order valence-electron chi connectivity index (χ1n) is 6.71. The fourth-order valence-electron chi connectivity index (χ4n) is 2.39. The number of carbonyl (C=O) groups is 1. The quantitative estimate of drug-likeness (QED) is 0.548. The van der Waals surface area contributed by atoms with Crippen LogP contribution in [0.3, 0.4) is 0 Å². The molecule has 1 saturated carbocycles. The summed E-state index contributed by atoms with van der Waals surface area (Å²) in [4.78, 5) is 28.9. The first-order chi connectivity index (χ1) is 8.99. The summed E-state index contributed by atoms with van der Waals surface area (Å²) in [5.74, 6) is -0.0933. The first kappa shape index (κ1) is 15.7. The summed E-state index contributed by atoms with van der Waals surface area (Å²) in [5.41, 5.74) is 0. The Morgan fingerprint density at radius 3 is 2.74 bits per heavy atom. The van der Waals surface area contributed by atoms with Crippen molar-refractivity contribution in [1.82, 2.24) is 10.2 Å². The Kier molecular flexibility index (Phi) is 6.55. The molecule has 110 valence electrons. The summed E-state index contributed by atoms with van der Waals surface area (Å²) in [7, 11) is 3.88. The average Bonchev–Trinajstić information content (AvgIpc) is 2.30. The molecule has 1 rings (SSSR count). The fourth-order valence-corrected chi connectivity index (χ4v) is 2.39. The predicted octanol–water partition coefficient (Wildman–Crippen LogP) is 0.821. The van der Waals surface area contributed by atoms with E-state index in [1.165, 1.54) is 0 Å². The van der Waals surface area contributed by atoms with Crippen molar-refractivity contribution in [3.63, 3.8) is 0 Å². The van der Waals surface area contributed by atoms with E-state index in [4.69, 9.17) is 0 Å². The van der Waals surface area contributed by atoms with E-state index >= 15 is 0 Å². The first-order valence-corrected chi connectivity index (χ1v) is 6.71. The minimum atomic E-state index is -0.743. The lowest BCUT2D eigenvalue weighted by Crippen LogP contribution is -2.36. The van der Waals surface area contributed by atoms with Gasteiger partial charge in [-0.05, 0) is 32.9 Å². The Morgan fingerprint density at radius 1 is 1.42 bits per heavy atom. The number of carbonyl (C=O) groups excluding carboxylic acids is 1. The second-order valence-corrected chi connectivity index (χ2v) is 5.27. The van der Waals surface area contributed by atoms with Gasteiger partial charge in [-0.15, -0.1) is 10.1 Å². The van der Waals surface area contributed by atoms with E-state index in [2.05, 4.69) is 10.2 Å². The third-order valence-electron chi connectivity index (χ3n) is 3.39. The maximum Gasteiger partial charge on any atom is 0.294 e. The zero-order valence-corrected chi connectivity index (χ0v) is 11.6. The highest BCUT2D eigenvalue weighted by Crippen LogP contribution is 2.29. The van der Waals surface area contributed by atoms with Crippen LogP contribution in [-0.4, -0.2) is 49.2 Å². The monoisotopic (exact) mass is 273 g/mol. The smallest absolute Gasteiger partial charge is 0.294 e. The summed E-state index contributed by atoms with van der Waals surface area (Å²) in [6.45, 7) is 1.38. The van der Waals surface area contributed by atoms with Crippen LogP contribution in [0, 0.1) is 16.0 Å². The number of likely N-dealkylation sites (N-methyl/N-ethyl adjacent to an activating group) is 1. The van der Waals surface area contributed by atoms with Gasteiger partial charge in [0.1, 0.15) is 6.10 Å². The minimum absolute atomic E-state index is 0.0430. The SMILES string of the molecule is CN(C)CCNC(=O)C[C@@H]1CCCC[C@H]1O[N+](=O)[O-]. The highest BCUT2D eigenvalue weighted by molar-refractivity contribution is 5.76. The molecular formula is C12H23N3O4. The Labute approximate surface area is 113 Å². The normalized spacial score (nSPS) is 23.1. The molecule has 0 bridgehead atoms. The molecule has 1 N–H and O–H groups in total. The van der Waals surface area contributed by atoms with E-state index < -0.39 is 11.2 Å². The molecule has 0 radical (unpaired) electrons. The molecule has 2 atom stereocenters. The topological polar surface area (TPSA) is 84.7 Å². The summed E-state index contributed by atoms with van der Waals surface area (Å²) in [6, 6.07) is 0. The summed E-state index contributed by atoms with van der Waals surface area (Å²) in [5, 5.41) is 12.5. The molecule has 1 amide bonds. The van der Waals surface area contributed by atoms with Gasteiger partial charge in [0, 0.05) is 19.5 Å². The molecule has 0 saturated heterocycles. The lowest BCUT2D eigenvalue weighted by atomic mass is 9.84. The third-order valence-corrected chi connectivity index (χ3v) is 3.39. The van der Waals surface area contributed by atoms with Gasteiger partial charge in [-0.1, -0.05) is 12.8 Å². The van der Waals surface area contributed by atoms with Crippen LogP contribution in [0.2, 0.25) is 0 Å². The van der Waals surface area contributed by atoms with Crippen LogP contribution in [0.1, 0.15) is 32.1 Å². The minimum Gasteiger partial charge on any atom is -0.355 e. The van der Waals surface area contributed by atoms with E-state index in [-0.39, 0.29) is 11.8 Å². The van der Waals surface area contributed by atoms with Crippen molar-refractivity contribution in [1.29, 1.82) is 0 Å². The van der Waals surface area contributed by atoms with Crippen LogP contribution in [0.15, 0.2) is 0 Å². The van der Waals surface area contributed by atoms with Gasteiger partial charge in [0.05, 0.1) is 0 Å². The highest BCUT2D eigenvalue weighted by atomic mass is 17.0. The molecule has 0 spiro atoms. The van der Waals surface area contributed by atoms with Crippen molar-refractivity contribution >= 4 is 5.91 Å². The molecule has 19 heavy (non-hydrogen) atoms. The molecule has 0 heterocycles. The number of rotatable bonds is 7. The molecule has 7 heteroatoms. The molecule has 1 aliphatic carbocycles. The highest BCUT2D eigenvalue weighted by Gasteiger charge is 2.29. The van der Waals surface area contributed by atoms with E-state index in [1.807, 2.05) is 19.0 Å². The van der Waals surface area contributed by atoms with Crippen molar-refractivity contribution < 1.29 is 14.7 Å². The van der Waals surface area contributed by atoms with E-state index in [0.29, 0.717) is 19.4 Å². The van der Waals surface area contributed by atoms with Crippen molar-refractivity contribution in [2.24, 2.45) is 5.92 Å². The lowest BCUT2D eigenvalue weighted by molar-refractivity contribution is -0.771. The van der Waals surface area contributed by atoms with Gasteiger partial charge in [-0.25, -0.2) is 0 Å². The van der Waals surface area contributed by atoms with Crippen LogP contribution in [0.25, 0.3) is 0 Å². The standard InChI is InChI=1S/C12H23N3O4/c1-14(2)8-7-13-12(16)9-10-5-3-4-6-11(10)19-15(17)18/h10-11H,3-9H2,1-2H3,(H,13,16)/t10-,11+/m0/s1. The summed E-state index contributed by atoms with van der Waals surface area (Å²) in [6.07, 6.45) is 3.30. The van der Waals surface area contributed by atoms with Crippen LogP contribution in [-0.2, 0) is 9.63 Å². The Bertz CT molecular complexity index is 309. The molecule has 0 aromatic carbocycles. The fraction of sp³-hybridized carbons (Fsp3) is 0.917. The average molecular weight is 273 g/mol. The Hall–Kier alpha value is -1.37. The van der Waals surface area contributed by atoms with Crippen LogP contribution < -0.4 is 5.32 Å². The number of hydrogen-bond acceptors (Lipinski definition) is 5. The van der Waals surface area contributed by atoms with Gasteiger partial charge < -0.3 is 15.1 Å². The Balaban J connectivity index is 2.34. The summed E-state index contributed by atoms with van der Waals surface area (Å²) < 4.78 is 0. The van der Waals surface area contributed by atoms with E-state index in [0.717, 1.165) is 25.8 Å². The number of nitrogens with zero attached hydrogens (tertiary/aromatic N) is 2. The second kappa shape index (κ2) is 7.93. The van der Waals surface area contributed by atoms with E-state index in [9.17, 15) is 14.9 Å². The molecule has 1 aliphatic rings. The van der Waals surface area contributed by atoms with Gasteiger partial charge >= 0.3 is 0 Å². The van der Waals surface area contributed by atoms with Gasteiger partial charge in [-0.3, -0.25) is 4.79 Å². The van der Waals surface area contributed by atoms with Gasteiger partial charge in [0.25, 0.3) is 5.09 Å². The lowest BCUT2D eigenvalue weighted by Gasteiger charge is -2.29. The Morgan fingerprint density at radius 2 is 2.11 bits per heavy atom. The molecule has 0 aliphatic heterocycles. The van der Waals surface area contributed by atoms with Crippen molar-refractivity contribution in [3.8, 4) is 0 Å². The van der Waals surface area contributed by atoms with E-state index in [1.54, 1.807) is 0 Å². The van der Waals surface area contributed by atoms with Crippen molar-refractivity contribution in [2.45, 2.75) is 38.2 Å². The zero-order valence-electron chi connectivity index (χ0n) is 11.6. The molecule has 0 aromatic rings. The van der Waals surface area contributed by atoms with Gasteiger partial charge in [0.2, 0.25) is 5.91 Å². The largest absolute Gasteiger partial charge is 0.355 e. The third kappa shape index (κ3) is 6.37. The maximum atomic E-state index is 11.8.